The molecule has 8 heteroatoms. The van der Waals surface area contributed by atoms with Crippen molar-refractivity contribution in [2.24, 2.45) is 0 Å². The van der Waals surface area contributed by atoms with Crippen LogP contribution >= 0.6 is 11.5 Å². The summed E-state index contributed by atoms with van der Waals surface area (Å²) in [6, 6.07) is 2.34. The van der Waals surface area contributed by atoms with E-state index in [1.165, 1.54) is 6.92 Å². The molecule has 0 saturated carbocycles. The number of halogens is 2. The molecule has 104 valence electrons. The van der Waals surface area contributed by atoms with E-state index in [4.69, 9.17) is 5.11 Å². The number of hydrogen-bond acceptors (Lipinski definition) is 4. The number of aryl methyl sites for hydroxylation is 1. The maximum Gasteiger partial charge on any atom is 0.340 e. The summed E-state index contributed by atoms with van der Waals surface area (Å²) in [4.78, 5) is 22.9. The van der Waals surface area contributed by atoms with E-state index >= 15 is 0 Å². The number of carbonyl (C=O) groups excluding carboxylic acids is 1. The second-order valence-corrected chi connectivity index (χ2v) is 4.66. The van der Waals surface area contributed by atoms with Gasteiger partial charge < -0.3 is 10.4 Å². The highest BCUT2D eigenvalue weighted by Crippen LogP contribution is 2.25. The van der Waals surface area contributed by atoms with Crippen molar-refractivity contribution in [1.29, 1.82) is 0 Å². The Bertz CT molecular complexity index is 680. The Morgan fingerprint density at radius 3 is 2.40 bits per heavy atom. The Labute approximate surface area is 116 Å². The number of hydrogen-bond donors (Lipinski definition) is 2. The summed E-state index contributed by atoms with van der Waals surface area (Å²) in [6.45, 7) is 1.48. The zero-order valence-electron chi connectivity index (χ0n) is 10.1. The third-order valence-corrected chi connectivity index (χ3v) is 3.28. The van der Waals surface area contributed by atoms with E-state index in [9.17, 15) is 18.4 Å². The van der Waals surface area contributed by atoms with Gasteiger partial charge in [-0.05, 0) is 30.6 Å². The number of anilines is 1. The second kappa shape index (κ2) is 5.33. The summed E-state index contributed by atoms with van der Waals surface area (Å²) in [5.41, 5.74) is -0.131. The smallest absolute Gasteiger partial charge is 0.340 e. The quantitative estimate of drug-likeness (QED) is 0.913. The van der Waals surface area contributed by atoms with Gasteiger partial charge in [-0.2, -0.15) is 4.37 Å². The molecule has 5 nitrogen and oxygen atoms in total. The van der Waals surface area contributed by atoms with Crippen molar-refractivity contribution < 1.29 is 23.5 Å². The van der Waals surface area contributed by atoms with Crippen molar-refractivity contribution in [3.63, 3.8) is 0 Å². The first-order valence-corrected chi connectivity index (χ1v) is 6.13. The number of amides is 1. The topological polar surface area (TPSA) is 79.3 Å². The molecule has 2 N–H and O–H groups in total. The fraction of sp³-hybridized carbons (Fsp3) is 0.0833. The van der Waals surface area contributed by atoms with Crippen LogP contribution in [-0.4, -0.2) is 21.4 Å². The molecule has 1 heterocycles. The van der Waals surface area contributed by atoms with Crippen LogP contribution in [0.3, 0.4) is 0 Å². The molecule has 1 aromatic carbocycles. The van der Waals surface area contributed by atoms with Crippen LogP contribution in [0.1, 0.15) is 26.4 Å². The molecule has 0 unspecified atom stereocenters. The molecule has 0 fully saturated rings. The fourth-order valence-corrected chi connectivity index (χ4v) is 2.35. The van der Waals surface area contributed by atoms with Gasteiger partial charge in [0.2, 0.25) is 0 Å². The molecule has 2 aromatic rings. The molecule has 0 saturated heterocycles. The maximum atomic E-state index is 13.0. The van der Waals surface area contributed by atoms with Crippen molar-refractivity contribution in [3.8, 4) is 0 Å². The Kier molecular flexibility index (Phi) is 3.75. The van der Waals surface area contributed by atoms with Crippen LogP contribution in [0, 0.1) is 18.6 Å². The highest BCUT2D eigenvalue weighted by molar-refractivity contribution is 7.11. The number of aromatic carboxylic acids is 1. The minimum atomic E-state index is -1.24. The minimum Gasteiger partial charge on any atom is -0.478 e. The first-order valence-electron chi connectivity index (χ1n) is 5.35. The summed E-state index contributed by atoms with van der Waals surface area (Å²) >= 11 is 0.786. The summed E-state index contributed by atoms with van der Waals surface area (Å²) in [5, 5.41) is 11.3. The van der Waals surface area contributed by atoms with Gasteiger partial charge in [-0.15, -0.1) is 0 Å². The van der Waals surface area contributed by atoms with Crippen molar-refractivity contribution >= 4 is 28.4 Å². The number of carboxylic acid groups (broad SMARTS) is 1. The third-order valence-electron chi connectivity index (χ3n) is 2.43. The van der Waals surface area contributed by atoms with Gasteiger partial charge in [0.05, 0.1) is 5.69 Å². The lowest BCUT2D eigenvalue weighted by Gasteiger charge is -2.04. The molecule has 0 atom stereocenters. The van der Waals surface area contributed by atoms with Crippen molar-refractivity contribution in [3.05, 3.63) is 46.7 Å². The number of carbonyl (C=O) groups is 2. The predicted molar refractivity (Wildman–Crippen MR) is 68.1 cm³/mol. The third kappa shape index (κ3) is 2.80. The van der Waals surface area contributed by atoms with E-state index in [0.29, 0.717) is 6.07 Å². The zero-order chi connectivity index (χ0) is 14.9. The van der Waals surface area contributed by atoms with Gasteiger partial charge in [0.25, 0.3) is 5.91 Å². The Hall–Kier alpha value is -2.35. The van der Waals surface area contributed by atoms with Crippen molar-refractivity contribution in [2.75, 3.05) is 5.32 Å². The van der Waals surface area contributed by atoms with Crippen LogP contribution in [0.2, 0.25) is 0 Å². The molecule has 2 rings (SSSR count). The van der Waals surface area contributed by atoms with Gasteiger partial charge in [-0.3, -0.25) is 4.79 Å². The predicted octanol–water partition coefficient (Wildman–Crippen LogP) is 2.68. The normalized spacial score (nSPS) is 10.3. The average molecular weight is 298 g/mol. The van der Waals surface area contributed by atoms with Crippen LogP contribution in [0.5, 0.6) is 0 Å². The molecule has 0 aliphatic carbocycles. The van der Waals surface area contributed by atoms with Gasteiger partial charge in [0.1, 0.15) is 22.2 Å². The molecule has 0 aliphatic heterocycles. The minimum absolute atomic E-state index is 0.0182. The van der Waals surface area contributed by atoms with Crippen LogP contribution in [0.4, 0.5) is 13.8 Å². The molecule has 1 aromatic heterocycles. The lowest BCUT2D eigenvalue weighted by Crippen LogP contribution is -2.14. The number of rotatable bonds is 3. The lowest BCUT2D eigenvalue weighted by atomic mass is 10.2. The summed E-state index contributed by atoms with van der Waals surface area (Å²) in [5.74, 6) is -3.84. The number of benzene rings is 1. The van der Waals surface area contributed by atoms with Crippen molar-refractivity contribution in [1.82, 2.24) is 4.37 Å². The maximum absolute atomic E-state index is 13.0. The van der Waals surface area contributed by atoms with Crippen LogP contribution in [-0.2, 0) is 0 Å². The molecule has 0 radical (unpaired) electrons. The van der Waals surface area contributed by atoms with E-state index in [1.54, 1.807) is 0 Å². The molecular formula is C12H8F2N2O3S. The summed E-state index contributed by atoms with van der Waals surface area (Å²) in [6.07, 6.45) is 0. The molecule has 0 aliphatic rings. The summed E-state index contributed by atoms with van der Waals surface area (Å²) in [7, 11) is 0. The Balaban J connectivity index is 2.30. The van der Waals surface area contributed by atoms with E-state index in [1.807, 2.05) is 0 Å². The van der Waals surface area contributed by atoms with Crippen LogP contribution in [0.25, 0.3) is 0 Å². The number of nitrogens with one attached hydrogen (secondary N) is 1. The van der Waals surface area contributed by atoms with Crippen molar-refractivity contribution in [2.45, 2.75) is 6.92 Å². The monoisotopic (exact) mass is 298 g/mol. The van der Waals surface area contributed by atoms with Gasteiger partial charge >= 0.3 is 5.97 Å². The van der Waals surface area contributed by atoms with Gasteiger partial charge in [0, 0.05) is 11.6 Å². The molecular weight excluding hydrogens is 290 g/mol. The highest BCUT2D eigenvalue weighted by Gasteiger charge is 2.20. The number of carboxylic acids is 1. The molecule has 1 amide bonds. The second-order valence-electron chi connectivity index (χ2n) is 3.89. The standard InChI is InChI=1S/C12H8F2N2O3S/c1-5-9(12(18)19)11(20-16-5)15-10(17)6-2-7(13)4-8(14)3-6/h2-4H,1H3,(H,15,17)(H,18,19). The number of nitrogens with zero attached hydrogens (tertiary/aromatic N) is 1. The van der Waals surface area contributed by atoms with Gasteiger partial charge in [-0.25, -0.2) is 13.6 Å². The van der Waals surface area contributed by atoms with E-state index < -0.39 is 23.5 Å². The van der Waals surface area contributed by atoms with Gasteiger partial charge in [0.15, 0.2) is 0 Å². The van der Waals surface area contributed by atoms with E-state index in [0.717, 1.165) is 23.7 Å². The molecule has 0 bridgehead atoms. The molecule has 0 spiro atoms. The zero-order valence-corrected chi connectivity index (χ0v) is 10.9. The summed E-state index contributed by atoms with van der Waals surface area (Å²) < 4.78 is 29.8. The van der Waals surface area contributed by atoms with Gasteiger partial charge in [-0.1, -0.05) is 0 Å². The van der Waals surface area contributed by atoms with Crippen LogP contribution in [0.15, 0.2) is 18.2 Å². The Morgan fingerprint density at radius 1 is 1.25 bits per heavy atom. The first kappa shape index (κ1) is 14.1. The van der Waals surface area contributed by atoms with Crippen LogP contribution < -0.4 is 5.32 Å². The highest BCUT2D eigenvalue weighted by atomic mass is 32.1. The molecule has 20 heavy (non-hydrogen) atoms. The Morgan fingerprint density at radius 2 is 1.85 bits per heavy atom. The SMILES string of the molecule is Cc1nsc(NC(=O)c2cc(F)cc(F)c2)c1C(=O)O. The average Bonchev–Trinajstić information content (AvgIpc) is 2.69. The van der Waals surface area contributed by atoms with E-state index in [2.05, 4.69) is 9.69 Å². The fourth-order valence-electron chi connectivity index (χ4n) is 1.57. The largest absolute Gasteiger partial charge is 0.478 e. The lowest BCUT2D eigenvalue weighted by molar-refractivity contribution is 0.0697. The first-order chi connectivity index (χ1) is 9.38. The van der Waals surface area contributed by atoms with E-state index in [-0.39, 0.29) is 21.8 Å². The number of aromatic nitrogens is 1.